The molecule has 0 heterocycles. The summed E-state index contributed by atoms with van der Waals surface area (Å²) in [7, 11) is 0. The summed E-state index contributed by atoms with van der Waals surface area (Å²) in [6.45, 7) is 12.9. The Morgan fingerprint density at radius 1 is 1.00 bits per heavy atom. The minimum absolute atomic E-state index is 0. The van der Waals surface area contributed by atoms with Crippen molar-refractivity contribution < 1.29 is 5.11 Å². The Kier molecular flexibility index (Phi) is 6.73. The van der Waals surface area contributed by atoms with E-state index in [9.17, 15) is 5.11 Å². The maximum Gasteiger partial charge on any atom is 0.0805 e. The minimum Gasteiger partial charge on any atom is -0.388 e. The molecule has 0 saturated carbocycles. The van der Waals surface area contributed by atoms with Crippen molar-refractivity contribution in [3.05, 3.63) is 35.4 Å². The van der Waals surface area contributed by atoms with Gasteiger partial charge in [-0.3, -0.25) is 0 Å². The number of halogens is 1. The molecule has 0 bridgehead atoms. The van der Waals surface area contributed by atoms with E-state index in [1.54, 1.807) is 0 Å². The molecule has 20 heavy (non-hydrogen) atoms. The Bertz CT molecular complexity index is 400. The van der Waals surface area contributed by atoms with Gasteiger partial charge in [0.15, 0.2) is 0 Å². The molecule has 1 rings (SSSR count). The number of aliphatic hydroxyl groups excluding tert-OH is 1. The van der Waals surface area contributed by atoms with E-state index in [-0.39, 0.29) is 29.3 Å². The van der Waals surface area contributed by atoms with Gasteiger partial charge in [0.1, 0.15) is 0 Å². The monoisotopic (exact) mass is 299 g/mol. The Hall–Kier alpha value is -0.570. The van der Waals surface area contributed by atoms with Crippen molar-refractivity contribution in [1.82, 2.24) is 0 Å². The Morgan fingerprint density at radius 2 is 1.45 bits per heavy atom. The highest BCUT2D eigenvalue weighted by molar-refractivity contribution is 5.85. The van der Waals surface area contributed by atoms with Crippen LogP contribution in [0.3, 0.4) is 0 Å². The van der Waals surface area contributed by atoms with Gasteiger partial charge >= 0.3 is 0 Å². The number of hydrogen-bond acceptors (Lipinski definition) is 2. The molecule has 0 spiro atoms. The fourth-order valence-electron chi connectivity index (χ4n) is 1.94. The van der Waals surface area contributed by atoms with Crippen molar-refractivity contribution in [3.63, 3.8) is 0 Å². The first-order valence-electron chi connectivity index (χ1n) is 7.06. The second-order valence-electron chi connectivity index (χ2n) is 7.60. The third-order valence-electron chi connectivity index (χ3n) is 3.75. The first-order valence-corrected chi connectivity index (χ1v) is 7.06. The zero-order valence-corrected chi connectivity index (χ0v) is 14.4. The first-order chi connectivity index (χ1) is 8.51. The normalized spacial score (nSPS) is 15.4. The van der Waals surface area contributed by atoms with Crippen LogP contribution >= 0.6 is 12.4 Å². The van der Waals surface area contributed by atoms with Crippen LogP contribution in [0.25, 0.3) is 0 Å². The number of aliphatic hydroxyl groups is 1. The molecule has 0 unspecified atom stereocenters. The van der Waals surface area contributed by atoms with Gasteiger partial charge < -0.3 is 10.8 Å². The standard InChI is InChI=1S/C17H29NO.ClH/c1-16(2,3)13-9-7-12(8-10-13)14(19)11-15(18)17(4,5)6;/h7-10,14-15,19H,11,18H2,1-6H3;1H/t14-,15-;/m1./s1. The number of nitrogens with two attached hydrogens (primary N) is 1. The number of hydrogen-bond donors (Lipinski definition) is 2. The fraction of sp³-hybridized carbons (Fsp3) is 0.647. The van der Waals surface area contributed by atoms with Crippen molar-refractivity contribution in [3.8, 4) is 0 Å². The molecule has 116 valence electrons. The lowest BCUT2D eigenvalue weighted by Crippen LogP contribution is -2.36. The average Bonchev–Trinajstić information content (AvgIpc) is 2.26. The van der Waals surface area contributed by atoms with Gasteiger partial charge in [-0.05, 0) is 28.4 Å². The van der Waals surface area contributed by atoms with Gasteiger partial charge in [-0.15, -0.1) is 12.4 Å². The number of benzene rings is 1. The molecule has 3 N–H and O–H groups in total. The molecule has 2 atom stereocenters. The van der Waals surface area contributed by atoms with Gasteiger partial charge in [-0.25, -0.2) is 0 Å². The highest BCUT2D eigenvalue weighted by Gasteiger charge is 2.24. The molecule has 0 aliphatic rings. The van der Waals surface area contributed by atoms with Gasteiger partial charge in [-0.1, -0.05) is 65.8 Å². The minimum atomic E-state index is -0.483. The zero-order valence-electron chi connectivity index (χ0n) is 13.6. The van der Waals surface area contributed by atoms with Crippen LogP contribution < -0.4 is 5.73 Å². The Morgan fingerprint density at radius 3 is 1.80 bits per heavy atom. The van der Waals surface area contributed by atoms with Crippen molar-refractivity contribution in [2.24, 2.45) is 11.1 Å². The Labute approximate surface area is 130 Å². The van der Waals surface area contributed by atoms with Gasteiger partial charge in [0, 0.05) is 6.04 Å². The van der Waals surface area contributed by atoms with E-state index in [0.717, 1.165) is 5.56 Å². The summed E-state index contributed by atoms with van der Waals surface area (Å²) in [4.78, 5) is 0. The second-order valence-corrected chi connectivity index (χ2v) is 7.60. The summed E-state index contributed by atoms with van der Waals surface area (Å²) in [5, 5.41) is 10.3. The van der Waals surface area contributed by atoms with E-state index in [4.69, 9.17) is 5.73 Å². The van der Waals surface area contributed by atoms with Crippen LogP contribution in [0, 0.1) is 5.41 Å². The summed E-state index contributed by atoms with van der Waals surface area (Å²) >= 11 is 0. The van der Waals surface area contributed by atoms with Crippen LogP contribution in [0.2, 0.25) is 0 Å². The average molecular weight is 300 g/mol. The third kappa shape index (κ3) is 5.43. The van der Waals surface area contributed by atoms with Crippen molar-refractivity contribution in [2.45, 2.75) is 65.5 Å². The fourth-order valence-corrected chi connectivity index (χ4v) is 1.94. The van der Waals surface area contributed by atoms with Crippen LogP contribution in [0.4, 0.5) is 0 Å². The molecule has 1 aromatic carbocycles. The number of rotatable bonds is 3. The summed E-state index contributed by atoms with van der Waals surface area (Å²) in [6, 6.07) is 8.22. The molecule has 0 aliphatic carbocycles. The first kappa shape index (κ1) is 19.4. The molecular formula is C17H30ClNO. The van der Waals surface area contributed by atoms with Gasteiger partial charge in [0.25, 0.3) is 0 Å². The summed E-state index contributed by atoms with van der Waals surface area (Å²) in [5.41, 5.74) is 8.53. The smallest absolute Gasteiger partial charge is 0.0805 e. The highest BCUT2D eigenvalue weighted by Crippen LogP contribution is 2.28. The van der Waals surface area contributed by atoms with E-state index in [2.05, 4.69) is 53.7 Å². The van der Waals surface area contributed by atoms with Crippen LogP contribution in [0.5, 0.6) is 0 Å². The summed E-state index contributed by atoms with van der Waals surface area (Å²) in [5.74, 6) is 0. The summed E-state index contributed by atoms with van der Waals surface area (Å²) < 4.78 is 0. The second kappa shape index (κ2) is 6.93. The lowest BCUT2D eigenvalue weighted by Gasteiger charge is -2.29. The molecule has 3 heteroatoms. The van der Waals surface area contributed by atoms with Crippen LogP contribution in [0.15, 0.2) is 24.3 Å². The van der Waals surface area contributed by atoms with E-state index in [1.807, 2.05) is 12.1 Å². The molecular weight excluding hydrogens is 270 g/mol. The largest absolute Gasteiger partial charge is 0.388 e. The highest BCUT2D eigenvalue weighted by atomic mass is 35.5. The van der Waals surface area contributed by atoms with E-state index < -0.39 is 6.10 Å². The molecule has 0 radical (unpaired) electrons. The van der Waals surface area contributed by atoms with Crippen molar-refractivity contribution >= 4 is 12.4 Å². The van der Waals surface area contributed by atoms with Gasteiger partial charge in [-0.2, -0.15) is 0 Å². The molecule has 0 fully saturated rings. The zero-order chi connectivity index (χ0) is 14.8. The molecule has 0 amide bonds. The maximum absolute atomic E-state index is 10.3. The Balaban J connectivity index is 0.00000361. The summed E-state index contributed by atoms with van der Waals surface area (Å²) in [6.07, 6.45) is 0.112. The van der Waals surface area contributed by atoms with E-state index >= 15 is 0 Å². The SMILES string of the molecule is CC(C)(C)c1ccc([C@H](O)C[C@@H](N)C(C)(C)C)cc1.Cl. The van der Waals surface area contributed by atoms with E-state index in [0.29, 0.717) is 6.42 Å². The lowest BCUT2D eigenvalue weighted by molar-refractivity contribution is 0.133. The van der Waals surface area contributed by atoms with Crippen LogP contribution in [0.1, 0.15) is 65.2 Å². The van der Waals surface area contributed by atoms with Crippen LogP contribution in [-0.4, -0.2) is 11.1 Å². The van der Waals surface area contributed by atoms with Crippen molar-refractivity contribution in [2.75, 3.05) is 0 Å². The van der Waals surface area contributed by atoms with E-state index in [1.165, 1.54) is 5.56 Å². The van der Waals surface area contributed by atoms with Crippen LogP contribution in [-0.2, 0) is 5.41 Å². The molecule has 2 nitrogen and oxygen atoms in total. The predicted octanol–water partition coefficient (Wildman–Crippen LogP) is 4.20. The molecule has 1 aromatic rings. The van der Waals surface area contributed by atoms with Crippen molar-refractivity contribution in [1.29, 1.82) is 0 Å². The van der Waals surface area contributed by atoms with Gasteiger partial charge in [0.05, 0.1) is 6.10 Å². The molecule has 0 aromatic heterocycles. The maximum atomic E-state index is 10.3. The molecule has 0 aliphatic heterocycles. The third-order valence-corrected chi connectivity index (χ3v) is 3.75. The quantitative estimate of drug-likeness (QED) is 0.878. The topological polar surface area (TPSA) is 46.2 Å². The lowest BCUT2D eigenvalue weighted by atomic mass is 9.82. The van der Waals surface area contributed by atoms with Gasteiger partial charge in [0.2, 0.25) is 0 Å². The predicted molar refractivity (Wildman–Crippen MR) is 89.4 cm³/mol. The molecule has 0 saturated heterocycles.